The van der Waals surface area contributed by atoms with Crippen LogP contribution >= 0.6 is 0 Å². The summed E-state index contributed by atoms with van der Waals surface area (Å²) in [7, 11) is 0. The second-order valence-electron chi connectivity index (χ2n) is 12.3. The lowest BCUT2D eigenvalue weighted by atomic mass is 10.0. The molecule has 0 saturated heterocycles. The predicted molar refractivity (Wildman–Crippen MR) is 179 cm³/mol. The number of allylic oxidation sites excluding steroid dienone is 2. The zero-order valence-electron chi connectivity index (χ0n) is 27.9. The highest BCUT2D eigenvalue weighted by molar-refractivity contribution is 5.75. The molecule has 11 nitrogen and oxygen atoms in total. The molecule has 0 aromatic carbocycles. The minimum absolute atomic E-state index is 0.0106. The van der Waals surface area contributed by atoms with Crippen molar-refractivity contribution in [2.75, 3.05) is 18.9 Å². The number of fused-ring (bicyclic) bond motifs is 1. The predicted octanol–water partition coefficient (Wildman–Crippen LogP) is 6.21. The lowest BCUT2D eigenvalue weighted by Crippen LogP contribution is -2.38. The molecule has 0 aliphatic heterocycles. The second kappa shape index (κ2) is 22.3. The standard InChI is InChI=1S/C34H58N6O5/c1-4-6-7-8-9-10-11-12-13-14-15-16-17-18-19-20-28(41)45-24-27(21-22-44-33(43)29(35)26(3)5-2)23-40-25-37-30-31(40)38-34(36)39-32(30)42/h15-16,25-27,29H,4-14,17-24,35H2,1-3H3,(H3,36,38,39,42)/t26-,27+,29-/m0/s1. The molecule has 0 aliphatic rings. The summed E-state index contributed by atoms with van der Waals surface area (Å²) in [5, 5.41) is 0. The van der Waals surface area contributed by atoms with Crippen LogP contribution < -0.4 is 17.0 Å². The van der Waals surface area contributed by atoms with Crippen molar-refractivity contribution in [3.63, 3.8) is 0 Å². The number of imidazole rings is 1. The van der Waals surface area contributed by atoms with Crippen LogP contribution in [-0.2, 0) is 25.6 Å². The Morgan fingerprint density at radius 3 is 2.29 bits per heavy atom. The van der Waals surface area contributed by atoms with Gasteiger partial charge in [0.05, 0.1) is 19.5 Å². The number of nitrogens with one attached hydrogen (secondary N) is 1. The lowest BCUT2D eigenvalue weighted by molar-refractivity contribution is -0.149. The van der Waals surface area contributed by atoms with Crippen molar-refractivity contribution in [3.8, 4) is 0 Å². The Labute approximate surface area is 268 Å². The van der Waals surface area contributed by atoms with Crippen molar-refractivity contribution >= 4 is 29.1 Å². The van der Waals surface area contributed by atoms with Crippen molar-refractivity contribution in [1.82, 2.24) is 19.5 Å². The first kappa shape index (κ1) is 38.0. The van der Waals surface area contributed by atoms with Gasteiger partial charge in [-0.3, -0.25) is 19.4 Å². The highest BCUT2D eigenvalue weighted by Crippen LogP contribution is 2.16. The van der Waals surface area contributed by atoms with Crippen LogP contribution in [-0.4, -0.2) is 50.7 Å². The van der Waals surface area contributed by atoms with Gasteiger partial charge in [0.2, 0.25) is 5.95 Å². The summed E-state index contributed by atoms with van der Waals surface area (Å²) in [6, 6.07) is -0.687. The molecule has 0 aliphatic carbocycles. The number of nitrogens with zero attached hydrogens (tertiary/aromatic N) is 3. The maximum Gasteiger partial charge on any atom is 0.323 e. The molecule has 0 unspecified atom stereocenters. The van der Waals surface area contributed by atoms with E-state index in [9.17, 15) is 14.4 Å². The number of carbonyl (C=O) groups excluding carboxylic acids is 2. The molecule has 5 N–H and O–H groups in total. The fourth-order valence-electron chi connectivity index (χ4n) is 5.14. The number of hydrogen-bond donors (Lipinski definition) is 3. The lowest BCUT2D eigenvalue weighted by Gasteiger charge is -2.20. The number of aromatic nitrogens is 4. The summed E-state index contributed by atoms with van der Waals surface area (Å²) in [6.45, 7) is 6.74. The molecule has 0 amide bonds. The van der Waals surface area contributed by atoms with E-state index in [-0.39, 0.29) is 42.5 Å². The van der Waals surface area contributed by atoms with Crippen LogP contribution in [0.3, 0.4) is 0 Å². The normalized spacial score (nSPS) is 13.7. The van der Waals surface area contributed by atoms with Gasteiger partial charge in [-0.1, -0.05) is 90.7 Å². The molecular formula is C34H58N6O5. The maximum atomic E-state index is 12.5. The van der Waals surface area contributed by atoms with Crippen LogP contribution in [0, 0.1) is 11.8 Å². The number of nitrogen functional groups attached to an aromatic ring is 1. The summed E-state index contributed by atoms with van der Waals surface area (Å²) in [5.74, 6) is -0.926. The molecule has 0 fully saturated rings. The number of anilines is 1. The van der Waals surface area contributed by atoms with Crippen LogP contribution in [0.5, 0.6) is 0 Å². The average Bonchev–Trinajstić information content (AvgIpc) is 3.43. The first-order valence-electron chi connectivity index (χ1n) is 17.2. The SMILES string of the molecule is CCCCCCCCCCCC=CCCCCC(=O)OC[C@H](CCOC(=O)[C@@H](N)[C@@H](C)CC)Cn1cnc2c(=O)[nH]c(N)nc21. The van der Waals surface area contributed by atoms with Crippen molar-refractivity contribution < 1.29 is 19.1 Å². The summed E-state index contributed by atoms with van der Waals surface area (Å²) < 4.78 is 12.8. The monoisotopic (exact) mass is 630 g/mol. The molecule has 2 aromatic rings. The van der Waals surface area contributed by atoms with Gasteiger partial charge in [-0.15, -0.1) is 0 Å². The van der Waals surface area contributed by atoms with Gasteiger partial charge in [0.15, 0.2) is 11.2 Å². The molecular weight excluding hydrogens is 572 g/mol. The molecule has 0 radical (unpaired) electrons. The number of nitrogens with two attached hydrogens (primary N) is 2. The zero-order chi connectivity index (χ0) is 32.9. The number of hydrogen-bond acceptors (Lipinski definition) is 9. The molecule has 3 atom stereocenters. The third-order valence-corrected chi connectivity index (χ3v) is 8.37. The van der Waals surface area contributed by atoms with E-state index < -0.39 is 17.6 Å². The third-order valence-electron chi connectivity index (χ3n) is 8.37. The van der Waals surface area contributed by atoms with E-state index in [1.807, 2.05) is 13.8 Å². The smallest absolute Gasteiger partial charge is 0.323 e. The van der Waals surface area contributed by atoms with Crippen molar-refractivity contribution in [2.45, 2.75) is 136 Å². The Hall–Kier alpha value is -3.21. The number of unbranched alkanes of at least 4 members (excludes halogenated alkanes) is 11. The fourth-order valence-corrected chi connectivity index (χ4v) is 5.14. The van der Waals surface area contributed by atoms with E-state index in [0.717, 1.165) is 32.1 Å². The van der Waals surface area contributed by atoms with Crippen LogP contribution in [0.4, 0.5) is 5.95 Å². The maximum absolute atomic E-state index is 12.5. The van der Waals surface area contributed by atoms with E-state index in [0.29, 0.717) is 25.0 Å². The third kappa shape index (κ3) is 15.1. The number of H-pyrrole nitrogens is 1. The van der Waals surface area contributed by atoms with Gasteiger partial charge in [0, 0.05) is 18.9 Å². The van der Waals surface area contributed by atoms with E-state index in [1.165, 1.54) is 64.1 Å². The number of rotatable bonds is 25. The minimum Gasteiger partial charge on any atom is -0.465 e. The molecule has 2 aromatic heterocycles. The molecule has 11 heteroatoms. The van der Waals surface area contributed by atoms with Gasteiger partial charge in [0.1, 0.15) is 6.04 Å². The summed E-state index contributed by atoms with van der Waals surface area (Å²) >= 11 is 0. The Morgan fingerprint density at radius 2 is 1.62 bits per heavy atom. The summed E-state index contributed by atoms with van der Waals surface area (Å²) in [6.07, 6.45) is 23.4. The van der Waals surface area contributed by atoms with E-state index in [4.69, 9.17) is 20.9 Å². The Bertz CT molecular complexity index is 1210. The second-order valence-corrected chi connectivity index (χ2v) is 12.3. The number of carbonyl (C=O) groups is 2. The van der Waals surface area contributed by atoms with E-state index >= 15 is 0 Å². The topological polar surface area (TPSA) is 168 Å². The highest BCUT2D eigenvalue weighted by Gasteiger charge is 2.22. The van der Waals surface area contributed by atoms with Gasteiger partial charge >= 0.3 is 11.9 Å². The Morgan fingerprint density at radius 1 is 0.978 bits per heavy atom. The number of ether oxygens (including phenoxy) is 2. The van der Waals surface area contributed by atoms with Crippen LogP contribution in [0.25, 0.3) is 11.2 Å². The van der Waals surface area contributed by atoms with Crippen LogP contribution in [0.1, 0.15) is 124 Å². The van der Waals surface area contributed by atoms with Gasteiger partial charge in [0.25, 0.3) is 5.56 Å². The number of aromatic amines is 1. The van der Waals surface area contributed by atoms with Crippen LogP contribution in [0.15, 0.2) is 23.3 Å². The molecule has 45 heavy (non-hydrogen) atoms. The van der Waals surface area contributed by atoms with Gasteiger partial charge in [-0.05, 0) is 44.4 Å². The van der Waals surface area contributed by atoms with Gasteiger partial charge in [-0.2, -0.15) is 4.98 Å². The molecule has 2 rings (SSSR count). The highest BCUT2D eigenvalue weighted by atomic mass is 16.5. The quantitative estimate of drug-likeness (QED) is 0.0656. The summed E-state index contributed by atoms with van der Waals surface area (Å²) in [4.78, 5) is 47.9. The van der Waals surface area contributed by atoms with E-state index in [2.05, 4.69) is 34.0 Å². The largest absolute Gasteiger partial charge is 0.465 e. The molecule has 2 heterocycles. The zero-order valence-corrected chi connectivity index (χ0v) is 27.9. The van der Waals surface area contributed by atoms with Gasteiger partial charge in [-0.25, -0.2) is 4.98 Å². The summed E-state index contributed by atoms with van der Waals surface area (Å²) in [5.41, 5.74) is 11.8. The van der Waals surface area contributed by atoms with E-state index in [1.54, 1.807) is 4.57 Å². The molecule has 0 bridgehead atoms. The molecule has 254 valence electrons. The van der Waals surface area contributed by atoms with Gasteiger partial charge < -0.3 is 25.5 Å². The van der Waals surface area contributed by atoms with Crippen molar-refractivity contribution in [2.24, 2.45) is 17.6 Å². The first-order chi connectivity index (χ1) is 21.8. The Kier molecular flexibility index (Phi) is 18.8. The number of esters is 2. The molecule has 0 spiro atoms. The average molecular weight is 631 g/mol. The van der Waals surface area contributed by atoms with Crippen molar-refractivity contribution in [1.29, 1.82) is 0 Å². The molecule has 0 saturated carbocycles. The fraction of sp³-hybridized carbons (Fsp3) is 0.735. The van der Waals surface area contributed by atoms with Crippen molar-refractivity contribution in [3.05, 3.63) is 28.8 Å². The van der Waals surface area contributed by atoms with Crippen LogP contribution in [0.2, 0.25) is 0 Å². The first-order valence-corrected chi connectivity index (χ1v) is 17.2. The minimum atomic E-state index is -0.687. The Balaban J connectivity index is 1.74.